The van der Waals surface area contributed by atoms with Crippen molar-refractivity contribution in [1.29, 1.82) is 0 Å². The molecule has 160 valence electrons. The average Bonchev–Trinajstić information content (AvgIpc) is 2.75. The number of aliphatic carboxylic acids is 1. The molecule has 0 aliphatic heterocycles. The van der Waals surface area contributed by atoms with Crippen molar-refractivity contribution in [3.63, 3.8) is 0 Å². The van der Waals surface area contributed by atoms with Gasteiger partial charge in [-0.25, -0.2) is 14.4 Å². The Morgan fingerprint density at radius 1 is 1.19 bits per heavy atom. The third kappa shape index (κ3) is 4.63. The summed E-state index contributed by atoms with van der Waals surface area (Å²) in [5.41, 5.74) is 1.98. The van der Waals surface area contributed by atoms with Crippen LogP contribution in [0.2, 0.25) is 0 Å². The van der Waals surface area contributed by atoms with Crippen LogP contribution in [0.4, 0.5) is 10.3 Å². The highest BCUT2D eigenvalue weighted by molar-refractivity contribution is 5.70. The summed E-state index contributed by atoms with van der Waals surface area (Å²) in [7, 11) is 0. The van der Waals surface area contributed by atoms with Gasteiger partial charge < -0.3 is 10.4 Å². The van der Waals surface area contributed by atoms with E-state index in [0.29, 0.717) is 42.9 Å². The van der Waals surface area contributed by atoms with Crippen LogP contribution >= 0.6 is 0 Å². The molecule has 1 fully saturated rings. The van der Waals surface area contributed by atoms with Gasteiger partial charge >= 0.3 is 5.97 Å². The summed E-state index contributed by atoms with van der Waals surface area (Å²) >= 11 is 0. The minimum absolute atomic E-state index is 0.0476. The van der Waals surface area contributed by atoms with E-state index in [9.17, 15) is 14.0 Å². The van der Waals surface area contributed by atoms with E-state index in [1.165, 1.54) is 4.57 Å². The molecule has 0 atom stereocenters. The molecule has 3 aromatic rings. The molecule has 0 unspecified atom stereocenters. The Bertz CT molecular complexity index is 1170. The maximum Gasteiger partial charge on any atom is 0.306 e. The second-order valence-corrected chi connectivity index (χ2v) is 7.88. The van der Waals surface area contributed by atoms with Crippen molar-refractivity contribution in [1.82, 2.24) is 14.5 Å². The lowest BCUT2D eigenvalue weighted by Crippen LogP contribution is -2.29. The van der Waals surface area contributed by atoms with Gasteiger partial charge in [0.2, 0.25) is 5.95 Å². The van der Waals surface area contributed by atoms with Gasteiger partial charge in [-0.05, 0) is 56.4 Å². The molecule has 1 aliphatic carbocycles. The molecule has 0 spiro atoms. The highest BCUT2D eigenvalue weighted by Crippen LogP contribution is 2.27. The van der Waals surface area contributed by atoms with Gasteiger partial charge in [0.05, 0.1) is 12.1 Å². The molecule has 1 aromatic carbocycles. The van der Waals surface area contributed by atoms with Crippen molar-refractivity contribution < 1.29 is 14.3 Å². The third-order valence-electron chi connectivity index (χ3n) is 5.63. The van der Waals surface area contributed by atoms with Gasteiger partial charge in [0.1, 0.15) is 5.69 Å². The lowest BCUT2D eigenvalue weighted by molar-refractivity contribution is -0.142. The highest BCUT2D eigenvalue weighted by atomic mass is 19.1. The number of aryl methyl sites for hydroxylation is 1. The maximum absolute atomic E-state index is 14.6. The molecule has 2 heterocycles. The molecule has 0 bridgehead atoms. The predicted molar refractivity (Wildman–Crippen MR) is 115 cm³/mol. The van der Waals surface area contributed by atoms with E-state index in [1.54, 1.807) is 36.5 Å². The molecule has 8 heteroatoms. The van der Waals surface area contributed by atoms with Crippen molar-refractivity contribution >= 4 is 11.9 Å². The van der Waals surface area contributed by atoms with Gasteiger partial charge in [-0.15, -0.1) is 0 Å². The zero-order chi connectivity index (χ0) is 22.0. The zero-order valence-corrected chi connectivity index (χ0v) is 17.1. The first-order valence-corrected chi connectivity index (χ1v) is 10.2. The monoisotopic (exact) mass is 422 g/mol. The summed E-state index contributed by atoms with van der Waals surface area (Å²) < 4.78 is 16.0. The van der Waals surface area contributed by atoms with Crippen LogP contribution in [0.3, 0.4) is 0 Å². The highest BCUT2D eigenvalue weighted by Gasteiger charge is 2.26. The van der Waals surface area contributed by atoms with Gasteiger partial charge in [-0.3, -0.25) is 14.2 Å². The van der Waals surface area contributed by atoms with Crippen LogP contribution in [0.15, 0.2) is 53.6 Å². The van der Waals surface area contributed by atoms with Gasteiger partial charge in [0.15, 0.2) is 5.82 Å². The number of anilines is 1. The van der Waals surface area contributed by atoms with Gasteiger partial charge in [-0.1, -0.05) is 12.1 Å². The standard InChI is InChI=1S/C23H23FN4O3/c1-14-9-10-28(20(29)11-14)18-4-2-3-16(12-18)21-19(24)13-25-23(27-21)26-17-7-5-15(6-8-17)22(30)31/h2-4,9-13,15,17H,5-8H2,1H3,(H,30,31)(H,25,26,27). The summed E-state index contributed by atoms with van der Waals surface area (Å²) in [4.78, 5) is 31.8. The van der Waals surface area contributed by atoms with E-state index < -0.39 is 11.8 Å². The van der Waals surface area contributed by atoms with E-state index in [0.717, 1.165) is 11.8 Å². The molecular formula is C23H23FN4O3. The molecule has 1 saturated carbocycles. The Hall–Kier alpha value is -3.55. The fourth-order valence-electron chi connectivity index (χ4n) is 3.90. The first-order chi connectivity index (χ1) is 14.9. The van der Waals surface area contributed by atoms with Crippen LogP contribution in [0, 0.1) is 18.7 Å². The molecule has 4 rings (SSSR count). The molecule has 0 saturated heterocycles. The lowest BCUT2D eigenvalue weighted by atomic mass is 9.86. The van der Waals surface area contributed by atoms with Crippen LogP contribution in [-0.2, 0) is 4.79 Å². The first kappa shape index (κ1) is 20.7. The fourth-order valence-corrected chi connectivity index (χ4v) is 3.90. The Morgan fingerprint density at radius 2 is 1.97 bits per heavy atom. The van der Waals surface area contributed by atoms with Gasteiger partial charge in [-0.2, -0.15) is 0 Å². The fraction of sp³-hybridized carbons (Fsp3) is 0.304. The number of benzene rings is 1. The number of pyridine rings is 1. The van der Waals surface area contributed by atoms with Gasteiger partial charge in [0, 0.05) is 29.6 Å². The molecular weight excluding hydrogens is 399 g/mol. The number of halogens is 1. The lowest BCUT2D eigenvalue weighted by Gasteiger charge is -2.26. The molecule has 0 radical (unpaired) electrons. The molecule has 31 heavy (non-hydrogen) atoms. The summed E-state index contributed by atoms with van der Waals surface area (Å²) in [5.74, 6) is -1.33. The van der Waals surface area contributed by atoms with Crippen molar-refractivity contribution in [3.05, 3.63) is 70.5 Å². The Kier molecular flexibility index (Phi) is 5.79. The summed E-state index contributed by atoms with van der Waals surface area (Å²) in [5, 5.41) is 12.3. The van der Waals surface area contributed by atoms with Crippen molar-refractivity contribution in [2.45, 2.75) is 38.6 Å². The van der Waals surface area contributed by atoms with Crippen molar-refractivity contribution in [2.24, 2.45) is 5.92 Å². The SMILES string of the molecule is Cc1ccn(-c2cccc(-c3nc(NC4CCC(C(=O)O)CC4)ncc3F)c2)c(=O)c1. The van der Waals surface area contributed by atoms with E-state index in [4.69, 9.17) is 5.11 Å². The van der Waals surface area contributed by atoms with Crippen LogP contribution in [-0.4, -0.2) is 31.7 Å². The van der Waals surface area contributed by atoms with Crippen LogP contribution in [0.5, 0.6) is 0 Å². The number of nitrogens with zero attached hydrogens (tertiary/aromatic N) is 3. The number of hydrogen-bond donors (Lipinski definition) is 2. The molecule has 7 nitrogen and oxygen atoms in total. The van der Waals surface area contributed by atoms with E-state index >= 15 is 0 Å². The maximum atomic E-state index is 14.6. The number of hydrogen-bond acceptors (Lipinski definition) is 5. The first-order valence-electron chi connectivity index (χ1n) is 10.2. The molecule has 1 aliphatic rings. The summed E-state index contributed by atoms with van der Waals surface area (Å²) in [6, 6.07) is 10.4. The van der Waals surface area contributed by atoms with Gasteiger partial charge in [0.25, 0.3) is 5.56 Å². The summed E-state index contributed by atoms with van der Waals surface area (Å²) in [6.07, 6.45) is 5.38. The largest absolute Gasteiger partial charge is 0.481 e. The molecule has 2 N–H and O–H groups in total. The number of carbonyl (C=O) groups is 1. The van der Waals surface area contributed by atoms with Crippen LogP contribution < -0.4 is 10.9 Å². The number of nitrogens with one attached hydrogen (secondary N) is 1. The van der Waals surface area contributed by atoms with Crippen LogP contribution in [0.25, 0.3) is 16.9 Å². The quantitative estimate of drug-likeness (QED) is 0.649. The normalized spacial score (nSPS) is 18.5. The zero-order valence-electron chi connectivity index (χ0n) is 17.1. The second kappa shape index (κ2) is 8.67. The molecule has 0 amide bonds. The van der Waals surface area contributed by atoms with E-state index in [1.807, 2.05) is 13.0 Å². The number of carboxylic acid groups (broad SMARTS) is 1. The Balaban J connectivity index is 1.58. The number of aromatic nitrogens is 3. The summed E-state index contributed by atoms with van der Waals surface area (Å²) in [6.45, 7) is 1.85. The second-order valence-electron chi connectivity index (χ2n) is 7.88. The molecule has 2 aromatic heterocycles. The minimum atomic E-state index is -0.758. The Morgan fingerprint density at radius 3 is 2.68 bits per heavy atom. The average molecular weight is 422 g/mol. The van der Waals surface area contributed by atoms with E-state index in [-0.39, 0.29) is 23.2 Å². The predicted octanol–water partition coefficient (Wildman–Crippen LogP) is 3.80. The smallest absolute Gasteiger partial charge is 0.306 e. The van der Waals surface area contributed by atoms with Crippen LogP contribution in [0.1, 0.15) is 31.2 Å². The minimum Gasteiger partial charge on any atom is -0.481 e. The van der Waals surface area contributed by atoms with Crippen molar-refractivity contribution in [3.8, 4) is 16.9 Å². The topological polar surface area (TPSA) is 97.1 Å². The number of carboxylic acids is 1. The Labute approximate surface area is 178 Å². The number of rotatable bonds is 5. The van der Waals surface area contributed by atoms with E-state index in [2.05, 4.69) is 15.3 Å². The third-order valence-corrected chi connectivity index (χ3v) is 5.63. The van der Waals surface area contributed by atoms with Crippen molar-refractivity contribution in [2.75, 3.05) is 5.32 Å².